The molecule has 0 aliphatic heterocycles. The van der Waals surface area contributed by atoms with Crippen molar-refractivity contribution in [1.82, 2.24) is 19.7 Å². The summed E-state index contributed by atoms with van der Waals surface area (Å²) in [5.41, 5.74) is 0.630. The summed E-state index contributed by atoms with van der Waals surface area (Å²) in [5, 5.41) is 14.8. The molecular formula is C21H20N6O4S2. The second kappa shape index (κ2) is 9.46. The molecule has 0 aliphatic rings. The molecule has 4 aromatic rings. The van der Waals surface area contributed by atoms with E-state index in [2.05, 4.69) is 25.8 Å². The van der Waals surface area contributed by atoms with Crippen molar-refractivity contribution in [1.29, 1.82) is 0 Å². The Morgan fingerprint density at radius 1 is 1.15 bits per heavy atom. The molecule has 1 aromatic carbocycles. The average Bonchev–Trinajstić information content (AvgIpc) is 3.40. The SMILES string of the molecule is CCc1nnc(NC(=O)Cn2cnc3sc(C(=O)Nc4ccccc4OC)c(C)c3c2=O)s1. The Kier molecular flexibility index (Phi) is 6.47. The number of methoxy groups -OCH3 is 1. The summed E-state index contributed by atoms with van der Waals surface area (Å²) in [6.07, 6.45) is 2.03. The lowest BCUT2D eigenvalue weighted by Crippen LogP contribution is -2.27. The zero-order valence-corrected chi connectivity index (χ0v) is 19.7. The lowest BCUT2D eigenvalue weighted by molar-refractivity contribution is -0.116. The Balaban J connectivity index is 1.57. The van der Waals surface area contributed by atoms with Crippen LogP contribution in [0.15, 0.2) is 35.4 Å². The van der Waals surface area contributed by atoms with Gasteiger partial charge in [0.05, 0.1) is 29.4 Å². The smallest absolute Gasteiger partial charge is 0.266 e. The molecule has 10 nitrogen and oxygen atoms in total. The van der Waals surface area contributed by atoms with E-state index in [1.54, 1.807) is 31.2 Å². The highest BCUT2D eigenvalue weighted by Gasteiger charge is 2.21. The molecule has 2 N–H and O–H groups in total. The standard InChI is InChI=1S/C21H20N6O4S2/c1-4-15-25-26-21(32-15)24-14(28)9-27-10-22-19-16(20(27)30)11(2)17(33-19)18(29)23-12-7-5-6-8-13(12)31-3/h5-8,10H,4,9H2,1-3H3,(H,23,29)(H,24,26,28). The van der Waals surface area contributed by atoms with Gasteiger partial charge in [-0.15, -0.1) is 21.5 Å². The van der Waals surface area contributed by atoms with Crippen LogP contribution < -0.4 is 20.9 Å². The van der Waals surface area contributed by atoms with Crippen molar-refractivity contribution in [2.24, 2.45) is 0 Å². The Morgan fingerprint density at radius 3 is 2.67 bits per heavy atom. The molecule has 0 atom stereocenters. The van der Waals surface area contributed by atoms with Gasteiger partial charge in [0.1, 0.15) is 22.1 Å². The maximum absolute atomic E-state index is 13.1. The molecule has 0 bridgehead atoms. The minimum Gasteiger partial charge on any atom is -0.495 e. The highest BCUT2D eigenvalue weighted by molar-refractivity contribution is 7.20. The fourth-order valence-corrected chi connectivity index (χ4v) is 4.91. The number of aryl methyl sites for hydroxylation is 2. The summed E-state index contributed by atoms with van der Waals surface area (Å²) in [6, 6.07) is 7.05. The zero-order chi connectivity index (χ0) is 23.5. The molecule has 3 aromatic heterocycles. The largest absolute Gasteiger partial charge is 0.495 e. The second-order valence-electron chi connectivity index (χ2n) is 6.97. The molecule has 0 radical (unpaired) electrons. The number of benzene rings is 1. The average molecular weight is 485 g/mol. The zero-order valence-electron chi connectivity index (χ0n) is 18.0. The van der Waals surface area contributed by atoms with Crippen LogP contribution in [0.1, 0.15) is 27.2 Å². The molecule has 0 aliphatic carbocycles. The molecule has 0 spiro atoms. The molecule has 0 saturated carbocycles. The van der Waals surface area contributed by atoms with Gasteiger partial charge in [0.2, 0.25) is 11.0 Å². The third kappa shape index (κ3) is 4.61. The topological polar surface area (TPSA) is 128 Å². The van der Waals surface area contributed by atoms with Gasteiger partial charge in [0.15, 0.2) is 0 Å². The molecule has 170 valence electrons. The third-order valence-electron chi connectivity index (χ3n) is 4.81. The Hall–Kier alpha value is -3.64. The number of hydrogen-bond donors (Lipinski definition) is 2. The van der Waals surface area contributed by atoms with Crippen LogP contribution in [0.2, 0.25) is 0 Å². The lowest BCUT2D eigenvalue weighted by atomic mass is 10.2. The summed E-state index contributed by atoms with van der Waals surface area (Å²) < 4.78 is 6.48. The number of nitrogens with one attached hydrogen (secondary N) is 2. The number of ether oxygens (including phenoxy) is 1. The first-order valence-corrected chi connectivity index (χ1v) is 11.6. The molecule has 33 heavy (non-hydrogen) atoms. The van der Waals surface area contributed by atoms with Gasteiger partial charge >= 0.3 is 0 Å². The van der Waals surface area contributed by atoms with Crippen molar-refractivity contribution >= 4 is 55.5 Å². The minimum atomic E-state index is -0.418. The molecule has 0 saturated heterocycles. The van der Waals surface area contributed by atoms with Crippen LogP contribution in [-0.2, 0) is 17.8 Å². The van der Waals surface area contributed by atoms with E-state index in [9.17, 15) is 14.4 Å². The summed E-state index contributed by atoms with van der Waals surface area (Å²) in [5.74, 6) is -0.261. The Morgan fingerprint density at radius 2 is 1.94 bits per heavy atom. The van der Waals surface area contributed by atoms with Crippen molar-refractivity contribution < 1.29 is 14.3 Å². The van der Waals surface area contributed by atoms with E-state index in [1.165, 1.54) is 29.3 Å². The molecule has 0 unspecified atom stereocenters. The first-order valence-electron chi connectivity index (χ1n) is 9.96. The third-order valence-corrected chi connectivity index (χ3v) is 6.99. The number of nitrogens with zero attached hydrogens (tertiary/aromatic N) is 4. The summed E-state index contributed by atoms with van der Waals surface area (Å²) in [7, 11) is 1.52. The first kappa shape index (κ1) is 22.6. The van der Waals surface area contributed by atoms with Crippen LogP contribution in [0.4, 0.5) is 10.8 Å². The Bertz CT molecular complexity index is 1410. The van der Waals surface area contributed by atoms with Crippen LogP contribution in [-0.4, -0.2) is 38.7 Å². The number of fused-ring (bicyclic) bond motifs is 1. The van der Waals surface area contributed by atoms with Crippen molar-refractivity contribution in [3.05, 3.63) is 56.4 Å². The maximum Gasteiger partial charge on any atom is 0.266 e. The first-order chi connectivity index (χ1) is 15.9. The van der Waals surface area contributed by atoms with Crippen molar-refractivity contribution in [3.8, 4) is 5.75 Å². The van der Waals surface area contributed by atoms with Crippen LogP contribution in [0.5, 0.6) is 5.75 Å². The number of para-hydroxylation sites is 2. The van der Waals surface area contributed by atoms with E-state index in [1.807, 2.05) is 6.92 Å². The number of aromatic nitrogens is 4. The van der Waals surface area contributed by atoms with Gasteiger partial charge in [0, 0.05) is 0 Å². The number of thiophene rings is 1. The number of anilines is 2. The summed E-state index contributed by atoms with van der Waals surface area (Å²) in [4.78, 5) is 43.4. The quantitative estimate of drug-likeness (QED) is 0.412. The monoisotopic (exact) mass is 484 g/mol. The number of rotatable bonds is 7. The van der Waals surface area contributed by atoms with E-state index < -0.39 is 11.5 Å². The number of hydrogen-bond acceptors (Lipinski definition) is 9. The van der Waals surface area contributed by atoms with Gasteiger partial charge < -0.3 is 10.1 Å². The van der Waals surface area contributed by atoms with E-state index in [4.69, 9.17) is 4.74 Å². The highest BCUT2D eigenvalue weighted by Crippen LogP contribution is 2.29. The van der Waals surface area contributed by atoms with Gasteiger partial charge in [-0.05, 0) is 31.0 Å². The number of amides is 2. The maximum atomic E-state index is 13.1. The second-order valence-corrected chi connectivity index (χ2v) is 9.03. The minimum absolute atomic E-state index is 0.235. The van der Waals surface area contributed by atoms with E-state index in [-0.39, 0.29) is 12.5 Å². The van der Waals surface area contributed by atoms with Crippen LogP contribution >= 0.6 is 22.7 Å². The van der Waals surface area contributed by atoms with E-state index >= 15 is 0 Å². The van der Waals surface area contributed by atoms with Gasteiger partial charge in [-0.25, -0.2) is 4.98 Å². The molecule has 12 heteroatoms. The van der Waals surface area contributed by atoms with Crippen molar-refractivity contribution in [2.45, 2.75) is 26.8 Å². The lowest BCUT2D eigenvalue weighted by Gasteiger charge is -2.09. The summed E-state index contributed by atoms with van der Waals surface area (Å²) in [6.45, 7) is 3.40. The van der Waals surface area contributed by atoms with Crippen molar-refractivity contribution in [3.63, 3.8) is 0 Å². The molecule has 0 fully saturated rings. The number of carbonyl (C=O) groups is 2. The van der Waals surface area contributed by atoms with Crippen LogP contribution in [0.25, 0.3) is 10.2 Å². The van der Waals surface area contributed by atoms with E-state index in [0.29, 0.717) is 37.2 Å². The van der Waals surface area contributed by atoms with Crippen LogP contribution in [0.3, 0.4) is 0 Å². The Labute approximate surface area is 196 Å². The van der Waals surface area contributed by atoms with Crippen LogP contribution in [0, 0.1) is 6.92 Å². The van der Waals surface area contributed by atoms with Gasteiger partial charge in [-0.2, -0.15) is 0 Å². The van der Waals surface area contributed by atoms with Gasteiger partial charge in [-0.1, -0.05) is 30.4 Å². The van der Waals surface area contributed by atoms with Crippen molar-refractivity contribution in [2.75, 3.05) is 17.7 Å². The summed E-state index contributed by atoms with van der Waals surface area (Å²) >= 11 is 2.40. The fraction of sp³-hybridized carbons (Fsp3) is 0.238. The highest BCUT2D eigenvalue weighted by atomic mass is 32.1. The predicted molar refractivity (Wildman–Crippen MR) is 127 cm³/mol. The molecular weight excluding hydrogens is 464 g/mol. The predicted octanol–water partition coefficient (Wildman–Crippen LogP) is 3.08. The molecule has 2 amide bonds. The van der Waals surface area contributed by atoms with E-state index in [0.717, 1.165) is 22.8 Å². The molecule has 4 rings (SSSR count). The van der Waals surface area contributed by atoms with Gasteiger partial charge in [0.25, 0.3) is 11.5 Å². The number of carbonyl (C=O) groups excluding carboxylic acids is 2. The normalized spacial score (nSPS) is 10.9. The van der Waals surface area contributed by atoms with Gasteiger partial charge in [-0.3, -0.25) is 24.3 Å². The molecule has 3 heterocycles. The fourth-order valence-electron chi connectivity index (χ4n) is 3.18.